The number of nitrogens with one attached hydrogen (secondary N) is 1. The predicted octanol–water partition coefficient (Wildman–Crippen LogP) is 0.933. The number of esters is 1. The topological polar surface area (TPSA) is 119 Å². The number of imidazole rings is 1. The molecule has 2 N–H and O–H groups in total. The largest absolute Gasteiger partial charge is 0.459 e. The van der Waals surface area contributed by atoms with E-state index < -0.39 is 24.4 Å². The van der Waals surface area contributed by atoms with Crippen molar-refractivity contribution in [2.24, 2.45) is 0 Å². The second-order valence-electron chi connectivity index (χ2n) is 6.37. The minimum atomic E-state index is -0.820. The Morgan fingerprint density at radius 1 is 1.41 bits per heavy atom. The zero-order valence-corrected chi connectivity index (χ0v) is 14.5. The van der Waals surface area contributed by atoms with Crippen molar-refractivity contribution in [1.29, 1.82) is 0 Å². The molecule has 0 spiro atoms. The Morgan fingerprint density at radius 2 is 2.19 bits per heavy atom. The van der Waals surface area contributed by atoms with E-state index in [9.17, 15) is 14.7 Å². The number of aliphatic hydroxyl groups is 1. The summed E-state index contributed by atoms with van der Waals surface area (Å²) in [5, 5.41) is 10.3. The van der Waals surface area contributed by atoms with Crippen LogP contribution in [0.4, 0.5) is 0 Å². The third kappa shape index (κ3) is 3.34. The molecule has 0 radical (unpaired) electrons. The van der Waals surface area contributed by atoms with Gasteiger partial charge in [0, 0.05) is 6.42 Å². The van der Waals surface area contributed by atoms with Crippen LogP contribution in [0.15, 0.2) is 41.5 Å². The van der Waals surface area contributed by atoms with E-state index in [1.54, 1.807) is 35.8 Å². The lowest BCUT2D eigenvalue weighted by Gasteiger charge is -2.16. The zero-order chi connectivity index (χ0) is 19.0. The average molecular weight is 370 g/mol. The number of ether oxygens (including phenoxy) is 2. The second kappa shape index (κ2) is 6.93. The maximum absolute atomic E-state index is 12.0. The van der Waals surface area contributed by atoms with Crippen LogP contribution >= 0.6 is 0 Å². The number of aliphatic hydroxyl groups excluding tert-OH is 1. The molecule has 3 unspecified atom stereocenters. The fraction of sp³-hybridized carbons (Fsp3) is 0.333. The highest BCUT2D eigenvalue weighted by Crippen LogP contribution is 2.30. The Kier molecular flexibility index (Phi) is 4.46. The molecule has 140 valence electrons. The molecular weight excluding hydrogens is 352 g/mol. The highest BCUT2D eigenvalue weighted by atomic mass is 16.6. The first-order valence-corrected chi connectivity index (χ1v) is 8.52. The van der Waals surface area contributed by atoms with E-state index in [2.05, 4.69) is 15.0 Å². The number of aromatic amines is 1. The number of H-pyrrole nitrogens is 1. The minimum absolute atomic E-state index is 0.0783. The third-order valence-electron chi connectivity index (χ3n) is 4.45. The molecule has 1 aliphatic rings. The van der Waals surface area contributed by atoms with E-state index >= 15 is 0 Å². The first-order chi connectivity index (χ1) is 13.0. The molecule has 1 aromatic carbocycles. The summed E-state index contributed by atoms with van der Waals surface area (Å²) in [6, 6.07) is 8.60. The Bertz CT molecular complexity index is 1030. The predicted molar refractivity (Wildman–Crippen MR) is 94.1 cm³/mol. The maximum atomic E-state index is 12.0. The first-order valence-electron chi connectivity index (χ1n) is 8.52. The highest BCUT2D eigenvalue weighted by molar-refractivity contribution is 5.89. The van der Waals surface area contributed by atoms with Crippen molar-refractivity contribution in [3.63, 3.8) is 0 Å². The van der Waals surface area contributed by atoms with Gasteiger partial charge < -0.3 is 19.6 Å². The Morgan fingerprint density at radius 3 is 2.96 bits per heavy atom. The van der Waals surface area contributed by atoms with Crippen molar-refractivity contribution in [1.82, 2.24) is 19.5 Å². The van der Waals surface area contributed by atoms with Gasteiger partial charge in [-0.05, 0) is 19.1 Å². The van der Waals surface area contributed by atoms with Crippen LogP contribution in [0.2, 0.25) is 0 Å². The van der Waals surface area contributed by atoms with Gasteiger partial charge in [-0.3, -0.25) is 9.36 Å². The van der Waals surface area contributed by atoms with Crippen LogP contribution in [-0.2, 0) is 9.47 Å². The van der Waals surface area contributed by atoms with Crippen molar-refractivity contribution < 1.29 is 19.4 Å². The Labute approximate surface area is 153 Å². The van der Waals surface area contributed by atoms with E-state index in [0.29, 0.717) is 17.0 Å². The first kappa shape index (κ1) is 17.4. The monoisotopic (exact) mass is 370 g/mol. The molecule has 1 saturated heterocycles. The van der Waals surface area contributed by atoms with E-state index in [1.807, 2.05) is 6.07 Å². The molecule has 0 amide bonds. The van der Waals surface area contributed by atoms with Gasteiger partial charge in [-0.15, -0.1) is 0 Å². The summed E-state index contributed by atoms with van der Waals surface area (Å²) in [4.78, 5) is 35.0. The molecule has 0 aliphatic carbocycles. The SMILES string of the molecule is Cc1nc2c(ncn2C2CC(O)C(COC(=O)c3ccccc3)O2)c(=O)[nH]1. The van der Waals surface area contributed by atoms with Gasteiger partial charge in [0.2, 0.25) is 0 Å². The van der Waals surface area contributed by atoms with E-state index in [1.165, 1.54) is 6.33 Å². The van der Waals surface area contributed by atoms with Crippen LogP contribution in [0.1, 0.15) is 28.8 Å². The zero-order valence-electron chi connectivity index (χ0n) is 14.5. The number of hydrogen-bond acceptors (Lipinski definition) is 7. The molecule has 4 rings (SSSR count). The number of carbonyl (C=O) groups is 1. The van der Waals surface area contributed by atoms with Gasteiger partial charge in [-0.2, -0.15) is 0 Å². The van der Waals surface area contributed by atoms with Crippen molar-refractivity contribution in [2.45, 2.75) is 31.8 Å². The van der Waals surface area contributed by atoms with Crippen molar-refractivity contribution >= 4 is 17.1 Å². The van der Waals surface area contributed by atoms with Crippen LogP contribution < -0.4 is 5.56 Å². The van der Waals surface area contributed by atoms with Gasteiger partial charge in [-0.1, -0.05) is 18.2 Å². The molecule has 1 aliphatic heterocycles. The van der Waals surface area contributed by atoms with E-state index in [-0.39, 0.29) is 24.1 Å². The maximum Gasteiger partial charge on any atom is 0.338 e. The molecule has 9 nitrogen and oxygen atoms in total. The fourth-order valence-electron chi connectivity index (χ4n) is 3.10. The lowest BCUT2D eigenvalue weighted by atomic mass is 10.2. The normalized spacial score (nSPS) is 22.2. The summed E-state index contributed by atoms with van der Waals surface area (Å²) in [5.41, 5.74) is 0.692. The third-order valence-corrected chi connectivity index (χ3v) is 4.45. The summed E-state index contributed by atoms with van der Waals surface area (Å²) in [5.74, 6) is -0.0205. The standard InChI is InChI=1S/C18H18N4O5/c1-10-20-16-15(17(24)21-10)19-9-22(16)14-7-12(23)13(27-14)8-26-18(25)11-5-3-2-4-6-11/h2-6,9,12-14,23H,7-8H2,1H3,(H,20,21,24). The number of hydrogen-bond donors (Lipinski definition) is 2. The smallest absolute Gasteiger partial charge is 0.338 e. The Hall–Kier alpha value is -3.04. The van der Waals surface area contributed by atoms with Gasteiger partial charge in [0.1, 0.15) is 24.8 Å². The van der Waals surface area contributed by atoms with Crippen molar-refractivity contribution in [3.05, 3.63) is 58.4 Å². The van der Waals surface area contributed by atoms with Gasteiger partial charge >= 0.3 is 5.97 Å². The quantitative estimate of drug-likeness (QED) is 0.656. The summed E-state index contributed by atoms with van der Waals surface area (Å²) >= 11 is 0. The van der Waals surface area contributed by atoms with Crippen LogP contribution in [0, 0.1) is 6.92 Å². The molecule has 2 aromatic heterocycles. The van der Waals surface area contributed by atoms with Crippen LogP contribution in [0.25, 0.3) is 11.2 Å². The summed E-state index contributed by atoms with van der Waals surface area (Å²) in [6.45, 7) is 1.60. The van der Waals surface area contributed by atoms with E-state index in [4.69, 9.17) is 9.47 Å². The fourth-order valence-corrected chi connectivity index (χ4v) is 3.10. The lowest BCUT2D eigenvalue weighted by Crippen LogP contribution is -2.28. The molecule has 3 heterocycles. The molecular formula is C18H18N4O5. The average Bonchev–Trinajstić information content (AvgIpc) is 3.24. The number of rotatable bonds is 4. The summed E-state index contributed by atoms with van der Waals surface area (Å²) in [7, 11) is 0. The minimum Gasteiger partial charge on any atom is -0.459 e. The van der Waals surface area contributed by atoms with Gasteiger partial charge in [0.05, 0.1) is 18.0 Å². The lowest BCUT2D eigenvalue weighted by molar-refractivity contribution is -0.0509. The van der Waals surface area contributed by atoms with Gasteiger partial charge in [0.15, 0.2) is 11.2 Å². The molecule has 3 aromatic rings. The number of carbonyl (C=O) groups excluding carboxylic acids is 1. The number of nitrogens with zero attached hydrogens (tertiary/aromatic N) is 3. The molecule has 9 heteroatoms. The van der Waals surface area contributed by atoms with Crippen LogP contribution in [-0.4, -0.2) is 49.4 Å². The molecule has 0 saturated carbocycles. The van der Waals surface area contributed by atoms with Crippen LogP contribution in [0.3, 0.4) is 0 Å². The van der Waals surface area contributed by atoms with Gasteiger partial charge in [0.25, 0.3) is 5.56 Å². The Balaban J connectivity index is 1.47. The van der Waals surface area contributed by atoms with Crippen molar-refractivity contribution in [3.8, 4) is 0 Å². The summed E-state index contributed by atoms with van der Waals surface area (Å²) in [6.07, 6.45) is -0.323. The molecule has 0 bridgehead atoms. The molecule has 3 atom stereocenters. The highest BCUT2D eigenvalue weighted by Gasteiger charge is 2.36. The number of aryl methyl sites for hydroxylation is 1. The number of aromatic nitrogens is 4. The van der Waals surface area contributed by atoms with Crippen LogP contribution in [0.5, 0.6) is 0 Å². The van der Waals surface area contributed by atoms with E-state index in [0.717, 1.165) is 0 Å². The number of benzene rings is 1. The molecule has 1 fully saturated rings. The van der Waals surface area contributed by atoms with Gasteiger partial charge in [-0.25, -0.2) is 14.8 Å². The second-order valence-corrected chi connectivity index (χ2v) is 6.37. The summed E-state index contributed by atoms with van der Waals surface area (Å²) < 4.78 is 12.7. The number of fused-ring (bicyclic) bond motifs is 1. The van der Waals surface area contributed by atoms with Crippen molar-refractivity contribution in [2.75, 3.05) is 6.61 Å². The molecule has 27 heavy (non-hydrogen) atoms.